The molecule has 3 aliphatic rings. The Balaban J connectivity index is 1.39. The summed E-state index contributed by atoms with van der Waals surface area (Å²) in [6, 6.07) is 7.99. The number of nitrogens with zero attached hydrogens (tertiary/aromatic N) is 7. The predicted molar refractivity (Wildman–Crippen MR) is 106 cm³/mol. The van der Waals surface area contributed by atoms with E-state index < -0.39 is 0 Å². The first kappa shape index (κ1) is 17.0. The Labute approximate surface area is 171 Å². The fourth-order valence-corrected chi connectivity index (χ4v) is 4.41. The van der Waals surface area contributed by atoms with E-state index in [1.165, 1.54) is 0 Å². The second kappa shape index (κ2) is 5.80. The second-order valence-corrected chi connectivity index (χ2v) is 8.28. The lowest BCUT2D eigenvalue weighted by Crippen LogP contribution is -2.43. The van der Waals surface area contributed by atoms with Gasteiger partial charge in [0.15, 0.2) is 12.0 Å². The van der Waals surface area contributed by atoms with E-state index in [1.807, 2.05) is 33.8 Å². The van der Waals surface area contributed by atoms with Crippen molar-refractivity contribution in [1.29, 1.82) is 0 Å². The van der Waals surface area contributed by atoms with Gasteiger partial charge in [-0.2, -0.15) is 4.98 Å². The molecule has 6 rings (SSSR count). The van der Waals surface area contributed by atoms with Gasteiger partial charge in [0.2, 0.25) is 5.28 Å². The summed E-state index contributed by atoms with van der Waals surface area (Å²) in [5.74, 6) is 1.65. The molecule has 2 unspecified atom stereocenters. The van der Waals surface area contributed by atoms with Gasteiger partial charge in [0.05, 0.1) is 17.5 Å². The molecule has 0 bridgehead atoms. The summed E-state index contributed by atoms with van der Waals surface area (Å²) in [5.41, 5.74) is 1.79. The Kier molecular flexibility index (Phi) is 3.40. The molecule has 1 saturated heterocycles. The molecule has 9 nitrogen and oxygen atoms in total. The van der Waals surface area contributed by atoms with E-state index in [0.717, 1.165) is 29.9 Å². The van der Waals surface area contributed by atoms with Crippen LogP contribution in [0.4, 0.5) is 11.8 Å². The van der Waals surface area contributed by atoms with Crippen molar-refractivity contribution in [1.82, 2.24) is 19.7 Å². The molecular formula is C19H18ClN7O2. The first-order chi connectivity index (χ1) is 14.0. The number of hydrazine groups is 1. The van der Waals surface area contributed by atoms with Crippen molar-refractivity contribution in [2.45, 2.75) is 44.6 Å². The predicted octanol–water partition coefficient (Wildman–Crippen LogP) is 3.82. The van der Waals surface area contributed by atoms with Crippen molar-refractivity contribution < 1.29 is 9.26 Å². The topological polar surface area (TPSA) is 84.8 Å². The molecule has 1 fully saturated rings. The molecule has 29 heavy (non-hydrogen) atoms. The fraction of sp³-hybridized carbons (Fsp3) is 0.368. The van der Waals surface area contributed by atoms with Gasteiger partial charge in [-0.3, -0.25) is 4.57 Å². The Morgan fingerprint density at radius 3 is 2.93 bits per heavy atom. The van der Waals surface area contributed by atoms with Crippen LogP contribution >= 0.6 is 11.6 Å². The summed E-state index contributed by atoms with van der Waals surface area (Å²) in [7, 11) is 0. The molecule has 10 heteroatoms. The Morgan fingerprint density at radius 2 is 2.10 bits per heavy atom. The van der Waals surface area contributed by atoms with Crippen molar-refractivity contribution in [2.75, 3.05) is 10.0 Å². The van der Waals surface area contributed by atoms with Crippen LogP contribution in [0.25, 0.3) is 5.69 Å². The number of aromatic nitrogens is 4. The molecule has 0 spiro atoms. The minimum absolute atomic E-state index is 0.181. The van der Waals surface area contributed by atoms with E-state index in [4.69, 9.17) is 20.9 Å². The number of imidazole rings is 1. The molecule has 3 aliphatic heterocycles. The number of fused-ring (bicyclic) bond motifs is 6. The van der Waals surface area contributed by atoms with Gasteiger partial charge in [-0.05, 0) is 49.5 Å². The number of hydrogen-bond donors (Lipinski definition) is 0. The smallest absolute Gasteiger partial charge is 0.290 e. The zero-order valence-corrected chi connectivity index (χ0v) is 16.6. The standard InChI is InChI=1S/C19H18ClN7O2/c1-19(2)8-7-13(28-19)16-23-18(24-29-16)25-10-22-15-11-5-3-4-6-12(11)26-14(27(15)25)9-21-17(26)20/h3-6,9-10,13,15H,7-8H2,1-2H3. The van der Waals surface area contributed by atoms with E-state index >= 15 is 0 Å². The van der Waals surface area contributed by atoms with E-state index in [2.05, 4.69) is 34.0 Å². The van der Waals surface area contributed by atoms with Crippen LogP contribution in [0, 0.1) is 0 Å². The third-order valence-corrected chi connectivity index (χ3v) is 5.82. The minimum Gasteiger partial charge on any atom is -0.362 e. The first-order valence-electron chi connectivity index (χ1n) is 9.47. The highest BCUT2D eigenvalue weighted by Crippen LogP contribution is 2.44. The molecule has 0 aliphatic carbocycles. The summed E-state index contributed by atoms with van der Waals surface area (Å²) in [6.07, 6.45) is 4.77. The van der Waals surface area contributed by atoms with Gasteiger partial charge >= 0.3 is 0 Å². The van der Waals surface area contributed by atoms with Gasteiger partial charge in [0.25, 0.3) is 11.8 Å². The number of halogens is 1. The highest BCUT2D eigenvalue weighted by molar-refractivity contribution is 6.29. The van der Waals surface area contributed by atoms with Crippen LogP contribution in [0.15, 0.2) is 40.0 Å². The van der Waals surface area contributed by atoms with Crippen LogP contribution in [0.2, 0.25) is 5.28 Å². The molecule has 148 valence electrons. The van der Waals surface area contributed by atoms with Crippen molar-refractivity contribution >= 4 is 29.7 Å². The molecule has 0 amide bonds. The maximum atomic E-state index is 6.39. The largest absolute Gasteiger partial charge is 0.362 e. The maximum Gasteiger partial charge on any atom is 0.290 e. The van der Waals surface area contributed by atoms with Crippen LogP contribution in [0.5, 0.6) is 0 Å². The van der Waals surface area contributed by atoms with Gasteiger partial charge in [-0.1, -0.05) is 18.2 Å². The third kappa shape index (κ3) is 2.44. The zero-order chi connectivity index (χ0) is 19.8. The molecule has 0 radical (unpaired) electrons. The lowest BCUT2D eigenvalue weighted by atomic mass is 10.1. The Bertz CT molecular complexity index is 1140. The highest BCUT2D eigenvalue weighted by atomic mass is 35.5. The first-order valence-corrected chi connectivity index (χ1v) is 9.85. The molecular weight excluding hydrogens is 394 g/mol. The zero-order valence-electron chi connectivity index (χ0n) is 15.9. The number of rotatable bonds is 2. The monoisotopic (exact) mass is 411 g/mol. The maximum absolute atomic E-state index is 6.39. The van der Waals surface area contributed by atoms with Gasteiger partial charge in [0.1, 0.15) is 12.4 Å². The lowest BCUT2D eigenvalue weighted by molar-refractivity contribution is -0.0292. The molecule has 0 saturated carbocycles. The highest BCUT2D eigenvalue weighted by Gasteiger charge is 2.42. The number of aliphatic imine (C=N–C) groups is 1. The quantitative estimate of drug-likeness (QED) is 0.633. The van der Waals surface area contributed by atoms with Crippen LogP contribution < -0.4 is 10.0 Å². The number of benzene rings is 1. The Morgan fingerprint density at radius 1 is 1.24 bits per heavy atom. The second-order valence-electron chi connectivity index (χ2n) is 7.94. The molecule has 2 atom stereocenters. The van der Waals surface area contributed by atoms with Crippen molar-refractivity contribution in [2.24, 2.45) is 4.99 Å². The summed E-state index contributed by atoms with van der Waals surface area (Å²) in [4.78, 5) is 13.6. The normalized spacial score (nSPS) is 24.0. The van der Waals surface area contributed by atoms with Crippen LogP contribution in [-0.4, -0.2) is 31.6 Å². The SMILES string of the molecule is CC1(C)CCC(c2nc(N3C=NC4c5ccccc5-n5c(cnc5Cl)N43)no2)O1. The molecule has 3 aromatic rings. The van der Waals surface area contributed by atoms with Crippen molar-refractivity contribution in [3.8, 4) is 5.69 Å². The number of anilines is 2. The van der Waals surface area contributed by atoms with E-state index in [0.29, 0.717) is 17.1 Å². The summed E-state index contributed by atoms with van der Waals surface area (Å²) < 4.78 is 13.4. The summed E-state index contributed by atoms with van der Waals surface area (Å²) >= 11 is 6.39. The van der Waals surface area contributed by atoms with E-state index in [-0.39, 0.29) is 17.9 Å². The van der Waals surface area contributed by atoms with Crippen LogP contribution in [0.3, 0.4) is 0 Å². The van der Waals surface area contributed by atoms with E-state index in [1.54, 1.807) is 17.5 Å². The molecule has 0 N–H and O–H groups in total. The third-order valence-electron chi connectivity index (χ3n) is 5.55. The summed E-state index contributed by atoms with van der Waals surface area (Å²) in [5, 5.41) is 8.28. The van der Waals surface area contributed by atoms with E-state index in [9.17, 15) is 0 Å². The average molecular weight is 412 g/mol. The van der Waals surface area contributed by atoms with Gasteiger partial charge in [-0.25, -0.2) is 20.0 Å². The minimum atomic E-state index is -0.255. The van der Waals surface area contributed by atoms with Gasteiger partial charge in [-0.15, -0.1) is 0 Å². The average Bonchev–Trinajstić information content (AvgIpc) is 3.46. The van der Waals surface area contributed by atoms with Gasteiger partial charge in [0, 0.05) is 5.56 Å². The number of hydrogen-bond acceptors (Lipinski definition) is 8. The molecule has 2 aromatic heterocycles. The Hall–Kier alpha value is -2.91. The van der Waals surface area contributed by atoms with Crippen molar-refractivity contribution in [3.63, 3.8) is 0 Å². The molecule has 1 aromatic carbocycles. The van der Waals surface area contributed by atoms with Crippen LogP contribution in [-0.2, 0) is 4.74 Å². The molecule has 5 heterocycles. The fourth-order valence-electron chi connectivity index (χ4n) is 4.18. The van der Waals surface area contributed by atoms with Gasteiger partial charge < -0.3 is 9.26 Å². The van der Waals surface area contributed by atoms with Crippen LogP contribution in [0.1, 0.15) is 50.4 Å². The summed E-state index contributed by atoms with van der Waals surface area (Å²) in [6.45, 7) is 4.14. The number of ether oxygens (including phenoxy) is 1. The van der Waals surface area contributed by atoms with Crippen molar-refractivity contribution in [3.05, 3.63) is 47.2 Å². The lowest BCUT2D eigenvalue weighted by Gasteiger charge is -2.36. The number of para-hydroxylation sites is 1.